The molecule has 1 unspecified atom stereocenters. The summed E-state index contributed by atoms with van der Waals surface area (Å²) in [4.78, 5) is 24.6. The molecule has 2 amide bonds. The van der Waals surface area contributed by atoms with E-state index in [2.05, 4.69) is 5.32 Å². The van der Waals surface area contributed by atoms with Gasteiger partial charge in [0.25, 0.3) is 0 Å². The Hall–Kier alpha value is -3.98. The summed E-state index contributed by atoms with van der Waals surface area (Å²) < 4.78 is 26.5. The van der Waals surface area contributed by atoms with Crippen LogP contribution in [-0.2, 0) is 27.5 Å². The number of cyclic esters (lactones) is 1. The number of carbonyl (C=O) groups is 2. The largest absolute Gasteiger partial charge is 0.619 e. The molecule has 1 aliphatic heterocycles. The lowest BCUT2D eigenvalue weighted by atomic mass is 10.0. The third-order valence-electron chi connectivity index (χ3n) is 5.39. The fourth-order valence-corrected chi connectivity index (χ4v) is 3.61. The van der Waals surface area contributed by atoms with Crippen molar-refractivity contribution in [1.82, 2.24) is 5.32 Å². The Morgan fingerprint density at radius 1 is 1.15 bits per heavy atom. The van der Waals surface area contributed by atoms with Gasteiger partial charge in [-0.2, -0.15) is 4.73 Å². The maximum Gasteiger partial charge on any atom is 0.414 e. The predicted octanol–water partition coefficient (Wildman–Crippen LogP) is 3.30. The predicted molar refractivity (Wildman–Crippen MR) is 122 cm³/mol. The summed E-state index contributed by atoms with van der Waals surface area (Å²) in [5.41, 5.74) is 3.33. The van der Waals surface area contributed by atoms with E-state index in [0.29, 0.717) is 30.0 Å². The molecule has 2 heterocycles. The van der Waals surface area contributed by atoms with Gasteiger partial charge < -0.3 is 20.0 Å². The molecule has 1 aliphatic rings. The maximum absolute atomic E-state index is 14.9. The molecule has 1 fully saturated rings. The second kappa shape index (κ2) is 10.3. The number of pyridine rings is 1. The first-order chi connectivity index (χ1) is 16.4. The molecule has 0 aliphatic carbocycles. The molecule has 1 atom stereocenters. The summed E-state index contributed by atoms with van der Waals surface area (Å²) in [5, 5.41) is 13.7. The lowest BCUT2D eigenvalue weighted by Gasteiger charge is -2.15. The number of anilines is 1. The van der Waals surface area contributed by atoms with E-state index in [4.69, 9.17) is 9.47 Å². The second-order valence-corrected chi connectivity index (χ2v) is 7.97. The number of benzene rings is 2. The zero-order valence-corrected chi connectivity index (χ0v) is 18.6. The van der Waals surface area contributed by atoms with Crippen molar-refractivity contribution in [2.75, 3.05) is 18.0 Å². The summed E-state index contributed by atoms with van der Waals surface area (Å²) in [6.07, 6.45) is 1.78. The molecule has 176 valence electrons. The smallest absolute Gasteiger partial charge is 0.414 e. The molecule has 9 heteroatoms. The fourth-order valence-electron chi connectivity index (χ4n) is 3.61. The number of nitrogens with one attached hydrogen (secondary N) is 1. The minimum absolute atomic E-state index is 0.208. The molecule has 0 bridgehead atoms. The average molecular weight is 465 g/mol. The summed E-state index contributed by atoms with van der Waals surface area (Å²) in [6, 6.07) is 15.4. The van der Waals surface area contributed by atoms with Gasteiger partial charge in [0, 0.05) is 24.6 Å². The van der Waals surface area contributed by atoms with E-state index in [-0.39, 0.29) is 19.0 Å². The van der Waals surface area contributed by atoms with Gasteiger partial charge in [-0.1, -0.05) is 24.3 Å². The molecule has 34 heavy (non-hydrogen) atoms. The average Bonchev–Trinajstić information content (AvgIpc) is 3.20. The van der Waals surface area contributed by atoms with Crippen molar-refractivity contribution in [3.8, 4) is 11.1 Å². The molecular weight excluding hydrogens is 441 g/mol. The van der Waals surface area contributed by atoms with Crippen LogP contribution in [0.25, 0.3) is 11.1 Å². The van der Waals surface area contributed by atoms with Crippen molar-refractivity contribution >= 4 is 17.7 Å². The quantitative estimate of drug-likeness (QED) is 0.407. The summed E-state index contributed by atoms with van der Waals surface area (Å²) >= 11 is 0. The van der Waals surface area contributed by atoms with Gasteiger partial charge in [-0.15, -0.1) is 0 Å². The number of hydrogen-bond acceptors (Lipinski definition) is 5. The molecule has 2 aromatic carbocycles. The third-order valence-corrected chi connectivity index (χ3v) is 5.39. The molecule has 0 spiro atoms. The standard InChI is InChI=1S/C25H24FN3O5/c1-17(30)27-13-22-14-29(25(31)34-22)21-6-7-23(24(26)12-21)20-4-2-18(3-5-20)15-33-16-19-8-10-28(32)11-9-19/h2-12,22H,13-16H2,1H3,(H,27,30). The van der Waals surface area contributed by atoms with E-state index in [1.807, 2.05) is 24.3 Å². The highest BCUT2D eigenvalue weighted by Gasteiger charge is 2.32. The van der Waals surface area contributed by atoms with Gasteiger partial charge >= 0.3 is 6.09 Å². The van der Waals surface area contributed by atoms with Crippen molar-refractivity contribution in [3.63, 3.8) is 0 Å². The van der Waals surface area contributed by atoms with Crippen LogP contribution in [0.1, 0.15) is 18.1 Å². The molecule has 0 radical (unpaired) electrons. The zero-order valence-electron chi connectivity index (χ0n) is 18.6. The highest BCUT2D eigenvalue weighted by atomic mass is 19.1. The Morgan fingerprint density at radius 3 is 2.47 bits per heavy atom. The first-order valence-corrected chi connectivity index (χ1v) is 10.8. The number of hydrogen-bond donors (Lipinski definition) is 1. The van der Waals surface area contributed by atoms with Gasteiger partial charge in [0.1, 0.15) is 11.9 Å². The van der Waals surface area contributed by atoms with Gasteiger partial charge in [-0.05, 0) is 34.9 Å². The zero-order chi connectivity index (χ0) is 24.1. The van der Waals surface area contributed by atoms with E-state index >= 15 is 0 Å². The van der Waals surface area contributed by atoms with Crippen molar-refractivity contribution in [2.45, 2.75) is 26.2 Å². The number of ether oxygens (including phenoxy) is 2. The number of amides is 2. The SMILES string of the molecule is CC(=O)NCC1CN(c2ccc(-c3ccc(COCc4cc[n+]([O-])cc4)cc3)c(F)c2)C(=O)O1. The van der Waals surface area contributed by atoms with Crippen LogP contribution in [-0.4, -0.2) is 31.2 Å². The summed E-state index contributed by atoms with van der Waals surface area (Å²) in [5.74, 6) is -0.670. The van der Waals surface area contributed by atoms with E-state index in [0.717, 1.165) is 15.9 Å². The lowest BCUT2D eigenvalue weighted by Crippen LogP contribution is -2.33. The van der Waals surface area contributed by atoms with E-state index in [1.54, 1.807) is 24.3 Å². The van der Waals surface area contributed by atoms with Gasteiger partial charge in [-0.25, -0.2) is 9.18 Å². The topological polar surface area (TPSA) is 94.8 Å². The van der Waals surface area contributed by atoms with Crippen LogP contribution in [0.15, 0.2) is 67.0 Å². The molecular formula is C25H24FN3O5. The van der Waals surface area contributed by atoms with Crippen molar-refractivity contribution in [3.05, 3.63) is 89.1 Å². The van der Waals surface area contributed by atoms with Crippen LogP contribution in [0, 0.1) is 11.0 Å². The maximum atomic E-state index is 14.9. The van der Waals surface area contributed by atoms with Crippen LogP contribution >= 0.6 is 0 Å². The minimum atomic E-state index is -0.574. The highest BCUT2D eigenvalue weighted by Crippen LogP contribution is 2.29. The molecule has 1 saturated heterocycles. The molecule has 4 rings (SSSR count). The monoisotopic (exact) mass is 465 g/mol. The first kappa shape index (κ1) is 23.2. The van der Waals surface area contributed by atoms with Crippen LogP contribution in [0.3, 0.4) is 0 Å². The number of nitrogens with zero attached hydrogens (tertiary/aromatic N) is 2. The van der Waals surface area contributed by atoms with Gasteiger partial charge in [0.2, 0.25) is 5.91 Å². The summed E-state index contributed by atoms with van der Waals surface area (Å²) in [7, 11) is 0. The van der Waals surface area contributed by atoms with Gasteiger partial charge in [0.05, 0.1) is 32.0 Å². The number of aromatic nitrogens is 1. The van der Waals surface area contributed by atoms with Crippen LogP contribution in [0.4, 0.5) is 14.9 Å². The highest BCUT2D eigenvalue weighted by molar-refractivity contribution is 5.90. The number of carbonyl (C=O) groups excluding carboxylic acids is 2. The van der Waals surface area contributed by atoms with Gasteiger partial charge in [0.15, 0.2) is 12.4 Å². The van der Waals surface area contributed by atoms with Crippen LogP contribution in [0.5, 0.6) is 0 Å². The van der Waals surface area contributed by atoms with Crippen molar-refractivity contribution < 1.29 is 28.2 Å². The van der Waals surface area contributed by atoms with Crippen molar-refractivity contribution in [2.24, 2.45) is 0 Å². The second-order valence-electron chi connectivity index (χ2n) is 7.97. The number of rotatable bonds is 8. The molecule has 0 saturated carbocycles. The van der Waals surface area contributed by atoms with E-state index in [1.165, 1.54) is 30.3 Å². The third kappa shape index (κ3) is 5.68. The van der Waals surface area contributed by atoms with Gasteiger partial charge in [-0.3, -0.25) is 9.69 Å². The van der Waals surface area contributed by atoms with Crippen LogP contribution < -0.4 is 14.9 Å². The summed E-state index contributed by atoms with van der Waals surface area (Å²) in [6.45, 7) is 2.58. The Balaban J connectivity index is 1.36. The van der Waals surface area contributed by atoms with E-state index < -0.39 is 18.0 Å². The normalized spacial score (nSPS) is 15.3. The molecule has 1 N–H and O–H groups in total. The Morgan fingerprint density at radius 2 is 1.82 bits per heavy atom. The first-order valence-electron chi connectivity index (χ1n) is 10.8. The number of halogens is 1. The van der Waals surface area contributed by atoms with Crippen LogP contribution in [0.2, 0.25) is 0 Å². The Bertz CT molecular complexity index is 1170. The molecule has 3 aromatic rings. The Kier molecular flexibility index (Phi) is 7.03. The lowest BCUT2D eigenvalue weighted by molar-refractivity contribution is -0.605. The minimum Gasteiger partial charge on any atom is -0.619 e. The molecule has 8 nitrogen and oxygen atoms in total. The fraction of sp³-hybridized carbons (Fsp3) is 0.240. The van der Waals surface area contributed by atoms with Crippen molar-refractivity contribution in [1.29, 1.82) is 0 Å². The van der Waals surface area contributed by atoms with E-state index in [9.17, 15) is 19.2 Å². The molecule has 1 aromatic heterocycles. The Labute approximate surface area is 196 Å².